The van der Waals surface area contributed by atoms with Crippen LogP contribution in [0.3, 0.4) is 0 Å². The maximum Gasteiger partial charge on any atom is 0.348 e. The Hall–Kier alpha value is -1.84. The van der Waals surface area contributed by atoms with Crippen molar-refractivity contribution < 1.29 is 19.1 Å². The summed E-state index contributed by atoms with van der Waals surface area (Å²) in [5.41, 5.74) is 0.911. The van der Waals surface area contributed by atoms with Crippen LogP contribution in [0.25, 0.3) is 0 Å². The molecule has 0 aliphatic carbocycles. The van der Waals surface area contributed by atoms with Crippen LogP contribution in [0.2, 0.25) is 0 Å². The van der Waals surface area contributed by atoms with Gasteiger partial charge in [-0.25, -0.2) is 4.79 Å². The second kappa shape index (κ2) is 4.35. The Morgan fingerprint density at radius 2 is 2.06 bits per heavy atom. The highest BCUT2D eigenvalue weighted by atomic mass is 16.6. The number of ether oxygens (including phenoxy) is 2. The van der Waals surface area contributed by atoms with Crippen molar-refractivity contribution in [2.75, 3.05) is 0 Å². The first-order chi connectivity index (χ1) is 7.68. The molecule has 0 radical (unpaired) electrons. The van der Waals surface area contributed by atoms with Gasteiger partial charge in [-0.2, -0.15) is 0 Å². The van der Waals surface area contributed by atoms with Gasteiger partial charge in [-0.15, -0.1) is 0 Å². The molecule has 0 spiro atoms. The average molecular weight is 220 g/mol. The molecular weight excluding hydrogens is 208 g/mol. The van der Waals surface area contributed by atoms with Crippen molar-refractivity contribution in [3.63, 3.8) is 0 Å². The molecule has 84 valence electrons. The summed E-state index contributed by atoms with van der Waals surface area (Å²) in [5.74, 6) is -1.21. The predicted octanol–water partition coefficient (Wildman–Crippen LogP) is 1.29. The van der Waals surface area contributed by atoms with Gasteiger partial charge in [0.2, 0.25) is 6.10 Å². The van der Waals surface area contributed by atoms with E-state index in [0.717, 1.165) is 5.56 Å². The monoisotopic (exact) mass is 220 g/mol. The lowest BCUT2D eigenvalue weighted by Gasteiger charge is -2.30. The molecule has 1 fully saturated rings. The fourth-order valence-corrected chi connectivity index (χ4v) is 1.45. The zero-order chi connectivity index (χ0) is 11.5. The summed E-state index contributed by atoms with van der Waals surface area (Å²) in [4.78, 5) is 22.2. The number of carbonyl (C=O) groups excluding carboxylic acids is 2. The van der Waals surface area contributed by atoms with E-state index >= 15 is 0 Å². The molecule has 0 bridgehead atoms. The number of cyclic esters (lactones) is 1. The summed E-state index contributed by atoms with van der Waals surface area (Å²) in [7, 11) is 0. The minimum absolute atomic E-state index is 0.209. The number of hydrogen-bond donors (Lipinski definition) is 0. The van der Waals surface area contributed by atoms with Gasteiger partial charge in [-0.05, 0) is 12.5 Å². The third-order valence-electron chi connectivity index (χ3n) is 2.53. The molecule has 2 atom stereocenters. The molecule has 4 heteroatoms. The van der Waals surface area contributed by atoms with Crippen LogP contribution in [-0.4, -0.2) is 18.0 Å². The van der Waals surface area contributed by atoms with Crippen LogP contribution < -0.4 is 0 Å². The Morgan fingerprint density at radius 1 is 1.38 bits per heavy atom. The highest BCUT2D eigenvalue weighted by Crippen LogP contribution is 2.22. The molecule has 4 nitrogen and oxygen atoms in total. The van der Waals surface area contributed by atoms with Gasteiger partial charge in [0.1, 0.15) is 12.5 Å². The normalized spacial score (nSPS) is 23.2. The fraction of sp³-hybridized carbons (Fsp3) is 0.333. The first-order valence-corrected chi connectivity index (χ1v) is 5.09. The molecule has 1 aliphatic heterocycles. The molecule has 1 aromatic rings. The van der Waals surface area contributed by atoms with E-state index in [0.29, 0.717) is 0 Å². The smallest absolute Gasteiger partial charge is 0.348 e. The van der Waals surface area contributed by atoms with Crippen molar-refractivity contribution in [1.29, 1.82) is 0 Å². The van der Waals surface area contributed by atoms with Crippen LogP contribution >= 0.6 is 0 Å². The first-order valence-electron chi connectivity index (χ1n) is 5.09. The van der Waals surface area contributed by atoms with Gasteiger partial charge >= 0.3 is 11.9 Å². The highest BCUT2D eigenvalue weighted by molar-refractivity contribution is 5.91. The number of esters is 2. The van der Waals surface area contributed by atoms with Gasteiger partial charge in [-0.1, -0.05) is 30.3 Å². The molecule has 0 amide bonds. The molecule has 1 aromatic carbocycles. The maximum absolute atomic E-state index is 11.5. The molecular formula is C12H12O4. The van der Waals surface area contributed by atoms with Gasteiger partial charge in [0.05, 0.1) is 0 Å². The molecule has 2 rings (SSSR count). The Balaban J connectivity index is 1.83. The van der Waals surface area contributed by atoms with Crippen molar-refractivity contribution in [3.05, 3.63) is 35.9 Å². The van der Waals surface area contributed by atoms with Crippen LogP contribution in [0, 0.1) is 5.92 Å². The lowest BCUT2D eigenvalue weighted by Crippen LogP contribution is -2.49. The van der Waals surface area contributed by atoms with E-state index in [1.165, 1.54) is 0 Å². The summed E-state index contributed by atoms with van der Waals surface area (Å²) in [6, 6.07) is 9.36. The van der Waals surface area contributed by atoms with Gasteiger partial charge in [0.25, 0.3) is 0 Å². The van der Waals surface area contributed by atoms with Crippen LogP contribution in [0.5, 0.6) is 0 Å². The van der Waals surface area contributed by atoms with Crippen LogP contribution in [0.15, 0.2) is 30.3 Å². The topological polar surface area (TPSA) is 52.6 Å². The summed E-state index contributed by atoms with van der Waals surface area (Å²) in [6.45, 7) is 1.86. The van der Waals surface area contributed by atoms with Crippen LogP contribution in [0.1, 0.15) is 12.5 Å². The summed E-state index contributed by atoms with van der Waals surface area (Å²) < 4.78 is 9.72. The molecule has 0 unspecified atom stereocenters. The van der Waals surface area contributed by atoms with E-state index in [1.54, 1.807) is 6.92 Å². The maximum atomic E-state index is 11.5. The molecule has 1 heterocycles. The van der Waals surface area contributed by atoms with Crippen molar-refractivity contribution in [2.45, 2.75) is 19.6 Å². The Morgan fingerprint density at radius 3 is 2.62 bits per heavy atom. The molecule has 0 saturated carbocycles. The second-order valence-electron chi connectivity index (χ2n) is 3.74. The Labute approximate surface area is 93.2 Å². The number of carbonyl (C=O) groups is 2. The second-order valence-corrected chi connectivity index (χ2v) is 3.74. The minimum atomic E-state index is -0.726. The van der Waals surface area contributed by atoms with Crippen molar-refractivity contribution in [2.24, 2.45) is 5.92 Å². The van der Waals surface area contributed by atoms with Crippen LogP contribution in [-0.2, 0) is 25.7 Å². The van der Waals surface area contributed by atoms with Gasteiger partial charge < -0.3 is 9.47 Å². The lowest BCUT2D eigenvalue weighted by atomic mass is 10.00. The Kier molecular flexibility index (Phi) is 2.90. The van der Waals surface area contributed by atoms with Gasteiger partial charge in [-0.3, -0.25) is 4.79 Å². The summed E-state index contributed by atoms with van der Waals surface area (Å²) >= 11 is 0. The number of hydrogen-bond acceptors (Lipinski definition) is 4. The number of benzene rings is 1. The third-order valence-corrected chi connectivity index (χ3v) is 2.53. The molecule has 0 aromatic heterocycles. The lowest BCUT2D eigenvalue weighted by molar-refractivity contribution is -0.197. The Bertz CT molecular complexity index is 399. The van der Waals surface area contributed by atoms with E-state index < -0.39 is 12.1 Å². The van der Waals surface area contributed by atoms with Crippen molar-refractivity contribution in [1.82, 2.24) is 0 Å². The SMILES string of the molecule is C[C@H]1C(=O)O[C@H]1C(=O)OCc1ccccc1. The summed E-state index contributed by atoms with van der Waals surface area (Å²) in [6.07, 6.45) is -0.726. The van der Waals surface area contributed by atoms with Crippen LogP contribution in [0.4, 0.5) is 0 Å². The summed E-state index contributed by atoms with van der Waals surface area (Å²) in [5, 5.41) is 0. The third kappa shape index (κ3) is 2.05. The minimum Gasteiger partial charge on any atom is -0.458 e. The van der Waals surface area contributed by atoms with Gasteiger partial charge in [0.15, 0.2) is 0 Å². The van der Waals surface area contributed by atoms with Gasteiger partial charge in [0, 0.05) is 0 Å². The molecule has 1 saturated heterocycles. The van der Waals surface area contributed by atoms with E-state index in [-0.39, 0.29) is 18.5 Å². The van der Waals surface area contributed by atoms with Crippen molar-refractivity contribution >= 4 is 11.9 Å². The van der Waals surface area contributed by atoms with E-state index in [2.05, 4.69) is 4.74 Å². The fourth-order valence-electron chi connectivity index (χ4n) is 1.45. The highest BCUT2D eigenvalue weighted by Gasteiger charge is 2.45. The van der Waals surface area contributed by atoms with Crippen molar-refractivity contribution in [3.8, 4) is 0 Å². The van der Waals surface area contributed by atoms with E-state index in [4.69, 9.17) is 4.74 Å². The molecule has 0 N–H and O–H groups in total. The largest absolute Gasteiger partial charge is 0.458 e. The van der Waals surface area contributed by atoms with E-state index in [1.807, 2.05) is 30.3 Å². The zero-order valence-corrected chi connectivity index (χ0v) is 8.88. The quantitative estimate of drug-likeness (QED) is 0.720. The molecule has 1 aliphatic rings. The first kappa shape index (κ1) is 10.7. The number of rotatable bonds is 3. The standard InChI is InChI=1S/C12H12O4/c1-8-10(16-11(8)13)12(14)15-7-9-5-3-2-4-6-9/h2-6,8,10H,7H2,1H3/t8-,10-/m1/s1. The predicted molar refractivity (Wildman–Crippen MR) is 55.3 cm³/mol. The molecule has 16 heavy (non-hydrogen) atoms. The van der Waals surface area contributed by atoms with E-state index in [9.17, 15) is 9.59 Å². The average Bonchev–Trinajstić information content (AvgIpc) is 2.33. The zero-order valence-electron chi connectivity index (χ0n) is 8.88.